The summed E-state index contributed by atoms with van der Waals surface area (Å²) in [4.78, 5) is 17.5. The molecular formula is C9H9N3O2. The molecule has 1 aromatic heterocycles. The van der Waals surface area contributed by atoms with E-state index >= 15 is 0 Å². The fourth-order valence-corrected chi connectivity index (χ4v) is 0.945. The highest BCUT2D eigenvalue weighted by molar-refractivity contribution is 5.85. The first kappa shape index (κ1) is 4.99. The molecule has 0 fully saturated rings. The maximum Gasteiger partial charge on any atom is 0.413 e. The molecule has 1 heterocycles. The Balaban J connectivity index is 2.61. The lowest BCUT2D eigenvalue weighted by Gasteiger charge is -1.96. The zero-order valence-electron chi connectivity index (χ0n) is 11.3. The van der Waals surface area contributed by atoms with Crippen LogP contribution in [0, 0.1) is 0 Å². The fourth-order valence-electron chi connectivity index (χ4n) is 0.945. The van der Waals surface area contributed by atoms with E-state index in [1.54, 1.807) is 0 Å². The molecule has 0 saturated heterocycles. The van der Waals surface area contributed by atoms with Crippen LogP contribution in [-0.4, -0.2) is 23.2 Å². The molecule has 0 atom stereocenters. The van der Waals surface area contributed by atoms with Crippen LogP contribution in [0.4, 0.5) is 10.7 Å². The number of aromatic amines is 1. The summed E-state index contributed by atoms with van der Waals surface area (Å²) in [7, 11) is 1.19. The van der Waals surface area contributed by atoms with Crippen LogP contribution in [0.15, 0.2) is 24.2 Å². The smallest absolute Gasteiger partial charge is 0.413 e. The third-order valence-corrected chi connectivity index (χ3v) is 1.54. The molecule has 0 spiro atoms. The summed E-state index contributed by atoms with van der Waals surface area (Å²) < 4.78 is 34.7. The van der Waals surface area contributed by atoms with Crippen LogP contribution in [-0.2, 0) is 4.74 Å². The zero-order valence-corrected chi connectivity index (χ0v) is 7.26. The first-order valence-corrected chi connectivity index (χ1v) is 3.76. The Hall–Kier alpha value is -2.04. The van der Waals surface area contributed by atoms with Gasteiger partial charge in [0.25, 0.3) is 0 Å². The molecule has 0 aliphatic rings. The van der Waals surface area contributed by atoms with Crippen molar-refractivity contribution < 1.29 is 15.0 Å². The number of hydrogen-bond donors (Lipinski definition) is 2. The highest BCUT2D eigenvalue weighted by atomic mass is 16.5. The van der Waals surface area contributed by atoms with E-state index in [0.717, 1.165) is 0 Å². The number of carbonyl (C=O) groups is 1. The average molecular weight is 195 g/mol. The summed E-state index contributed by atoms with van der Waals surface area (Å²) in [5.74, 6) is 0.00356. The van der Waals surface area contributed by atoms with Crippen molar-refractivity contribution in [3.8, 4) is 0 Å². The average Bonchev–Trinajstić information content (AvgIpc) is 2.77. The summed E-state index contributed by atoms with van der Waals surface area (Å²) >= 11 is 0. The maximum absolute atomic E-state index is 11.0. The molecule has 0 radical (unpaired) electrons. The molecule has 1 aromatic carbocycles. The summed E-state index contributed by atoms with van der Waals surface area (Å²) in [5, 5.41) is 2.26. The van der Waals surface area contributed by atoms with Gasteiger partial charge in [0.1, 0.15) is 0 Å². The predicted molar refractivity (Wildman–Crippen MR) is 52.1 cm³/mol. The monoisotopic (exact) mass is 195 g/mol. The van der Waals surface area contributed by atoms with Gasteiger partial charge < -0.3 is 9.72 Å². The molecule has 2 aromatic rings. The number of H-pyrrole nitrogens is 1. The van der Waals surface area contributed by atoms with Crippen LogP contribution in [0.2, 0.25) is 0 Å². The number of benzene rings is 1. The van der Waals surface area contributed by atoms with Crippen LogP contribution >= 0.6 is 0 Å². The Morgan fingerprint density at radius 1 is 1.64 bits per heavy atom. The Morgan fingerprint density at radius 3 is 3.21 bits per heavy atom. The van der Waals surface area contributed by atoms with Crippen LogP contribution in [0.25, 0.3) is 11.0 Å². The van der Waals surface area contributed by atoms with Crippen molar-refractivity contribution in [1.82, 2.24) is 9.97 Å². The molecule has 2 rings (SSSR count). The van der Waals surface area contributed by atoms with Crippen molar-refractivity contribution in [2.24, 2.45) is 0 Å². The minimum atomic E-state index is -0.746. The Kier molecular flexibility index (Phi) is 1.20. The van der Waals surface area contributed by atoms with Gasteiger partial charge in [-0.2, -0.15) is 0 Å². The zero-order chi connectivity index (χ0) is 13.4. The molecule has 0 aliphatic heterocycles. The molecule has 0 saturated carbocycles. The van der Waals surface area contributed by atoms with E-state index in [0.29, 0.717) is 0 Å². The lowest BCUT2D eigenvalue weighted by Crippen LogP contribution is -2.11. The lowest BCUT2D eigenvalue weighted by atomic mass is 10.3. The standard InChI is InChI=1S/C9H9N3O2/c1-14-9(13)12-8-10-6-4-2-3-5-7(6)11-8/h2-5H,1H3,(H2,10,11,12,13)/i2D,3D,4D,5D. The van der Waals surface area contributed by atoms with Gasteiger partial charge in [0.2, 0.25) is 5.95 Å². The number of anilines is 1. The third-order valence-electron chi connectivity index (χ3n) is 1.54. The quantitative estimate of drug-likeness (QED) is 0.728. The molecule has 1 amide bonds. The Bertz CT molecular complexity index is 596. The van der Waals surface area contributed by atoms with Gasteiger partial charge in [-0.25, -0.2) is 9.78 Å². The molecule has 5 nitrogen and oxygen atoms in total. The van der Waals surface area contributed by atoms with Crippen molar-refractivity contribution in [2.45, 2.75) is 0 Å². The molecule has 14 heavy (non-hydrogen) atoms. The second-order valence-corrected chi connectivity index (χ2v) is 2.43. The first-order valence-electron chi connectivity index (χ1n) is 5.76. The van der Waals surface area contributed by atoms with Gasteiger partial charge in [0.05, 0.1) is 23.6 Å². The topological polar surface area (TPSA) is 67.0 Å². The van der Waals surface area contributed by atoms with Crippen LogP contribution in [0.1, 0.15) is 5.48 Å². The maximum atomic E-state index is 11.0. The molecular weight excluding hydrogens is 182 g/mol. The highest BCUT2D eigenvalue weighted by Gasteiger charge is 2.04. The number of methoxy groups -OCH3 is 1. The number of rotatable bonds is 1. The summed E-state index contributed by atoms with van der Waals surface area (Å²) in [5.41, 5.74) is 0.194. The lowest BCUT2D eigenvalue weighted by molar-refractivity contribution is 0.186. The van der Waals surface area contributed by atoms with Gasteiger partial charge in [0, 0.05) is 0 Å². The number of aromatic nitrogens is 2. The molecule has 0 bridgehead atoms. The summed E-state index contributed by atoms with van der Waals surface area (Å²) in [6.07, 6.45) is -0.746. The van der Waals surface area contributed by atoms with Crippen molar-refractivity contribution in [1.29, 1.82) is 0 Å². The summed E-state index contributed by atoms with van der Waals surface area (Å²) in [6.45, 7) is 0. The normalized spacial score (nSPS) is 14.1. The second-order valence-electron chi connectivity index (χ2n) is 2.43. The van der Waals surface area contributed by atoms with E-state index in [9.17, 15) is 4.79 Å². The SMILES string of the molecule is [2H]c1c([2H])c([2H])c2[nH]c(NC(=O)OC)nc2c1[2H]. The van der Waals surface area contributed by atoms with Crippen LogP contribution in [0.3, 0.4) is 0 Å². The number of fused-ring (bicyclic) bond motifs is 1. The number of nitrogens with one attached hydrogen (secondary N) is 2. The molecule has 0 aliphatic carbocycles. The predicted octanol–water partition coefficient (Wildman–Crippen LogP) is 1.74. The second kappa shape index (κ2) is 3.37. The minimum absolute atomic E-state index is 0.00356. The van der Waals surface area contributed by atoms with E-state index in [1.165, 1.54) is 7.11 Å². The van der Waals surface area contributed by atoms with E-state index in [1.807, 2.05) is 0 Å². The van der Waals surface area contributed by atoms with Gasteiger partial charge in [0.15, 0.2) is 0 Å². The van der Waals surface area contributed by atoms with Gasteiger partial charge in [-0.3, -0.25) is 5.32 Å². The van der Waals surface area contributed by atoms with E-state index in [4.69, 9.17) is 5.48 Å². The van der Waals surface area contributed by atoms with E-state index in [2.05, 4.69) is 20.0 Å². The number of imidazole rings is 1. The third kappa shape index (κ3) is 1.52. The first-order chi connectivity index (χ1) is 8.45. The Labute approximate surface area is 85.7 Å². The van der Waals surface area contributed by atoms with E-state index in [-0.39, 0.29) is 41.2 Å². The number of ether oxygens (including phenoxy) is 1. The van der Waals surface area contributed by atoms with Gasteiger partial charge in [-0.15, -0.1) is 0 Å². The fraction of sp³-hybridized carbons (Fsp3) is 0.111. The number of nitrogens with zero attached hydrogens (tertiary/aromatic N) is 1. The summed E-state index contributed by atoms with van der Waals surface area (Å²) in [6, 6.07) is -1.24. The van der Waals surface area contributed by atoms with Gasteiger partial charge >= 0.3 is 6.09 Å². The number of amides is 1. The van der Waals surface area contributed by atoms with Crippen molar-refractivity contribution in [2.75, 3.05) is 12.4 Å². The van der Waals surface area contributed by atoms with Crippen molar-refractivity contribution in [3.05, 3.63) is 24.2 Å². The van der Waals surface area contributed by atoms with Gasteiger partial charge in [-0.05, 0) is 12.1 Å². The van der Waals surface area contributed by atoms with Crippen molar-refractivity contribution in [3.63, 3.8) is 0 Å². The van der Waals surface area contributed by atoms with E-state index < -0.39 is 6.09 Å². The molecule has 0 unspecified atom stereocenters. The Morgan fingerprint density at radius 2 is 2.43 bits per heavy atom. The van der Waals surface area contributed by atoms with Crippen molar-refractivity contribution >= 4 is 23.1 Å². The largest absolute Gasteiger partial charge is 0.453 e. The van der Waals surface area contributed by atoms with Crippen LogP contribution in [0.5, 0.6) is 0 Å². The van der Waals surface area contributed by atoms with Crippen LogP contribution < -0.4 is 5.32 Å². The minimum Gasteiger partial charge on any atom is -0.453 e. The number of para-hydroxylation sites is 2. The number of carbonyl (C=O) groups excluding carboxylic acids is 1. The highest BCUT2D eigenvalue weighted by Crippen LogP contribution is 2.12. The number of hydrogen-bond acceptors (Lipinski definition) is 3. The molecule has 72 valence electrons. The van der Waals surface area contributed by atoms with Gasteiger partial charge in [-0.1, -0.05) is 12.1 Å². The molecule has 5 heteroatoms. The molecule has 2 N–H and O–H groups in total.